The van der Waals surface area contributed by atoms with Gasteiger partial charge in [-0.2, -0.15) is 0 Å². The van der Waals surface area contributed by atoms with Crippen LogP contribution in [0.3, 0.4) is 0 Å². The van der Waals surface area contributed by atoms with Crippen molar-refractivity contribution in [1.29, 1.82) is 0 Å². The van der Waals surface area contributed by atoms with Gasteiger partial charge in [-0.25, -0.2) is 4.68 Å². The normalized spacial score (nSPS) is 21.3. The Labute approximate surface area is 111 Å². The van der Waals surface area contributed by atoms with Crippen molar-refractivity contribution in [3.63, 3.8) is 0 Å². The van der Waals surface area contributed by atoms with Crippen molar-refractivity contribution in [2.45, 2.75) is 45.7 Å². The molecule has 1 aromatic rings. The Morgan fingerprint density at radius 1 is 1.58 bits per heavy atom. The smallest absolute Gasteiger partial charge is 0.325 e. The number of rotatable bonds is 4. The zero-order valence-electron chi connectivity index (χ0n) is 11.1. The lowest BCUT2D eigenvalue weighted by Gasteiger charge is -2.17. The average molecular weight is 266 g/mol. The molecule has 1 atom stereocenters. The van der Waals surface area contributed by atoms with Crippen LogP contribution in [-0.2, 0) is 11.3 Å². The topological polar surface area (TPSA) is 97.1 Å². The lowest BCUT2D eigenvalue weighted by molar-refractivity contribution is -0.137. The Kier molecular flexibility index (Phi) is 3.55. The summed E-state index contributed by atoms with van der Waals surface area (Å²) in [5.41, 5.74) is 0.421. The maximum absolute atomic E-state index is 11.9. The van der Waals surface area contributed by atoms with Crippen molar-refractivity contribution in [2.24, 2.45) is 5.41 Å². The van der Waals surface area contributed by atoms with E-state index < -0.39 is 5.97 Å². The van der Waals surface area contributed by atoms with Crippen LogP contribution in [0.1, 0.15) is 43.6 Å². The molecule has 0 bridgehead atoms. The maximum Gasteiger partial charge on any atom is 0.325 e. The molecular formula is C12H18N4O3. The van der Waals surface area contributed by atoms with E-state index in [1.165, 1.54) is 6.20 Å². The summed E-state index contributed by atoms with van der Waals surface area (Å²) < 4.78 is 1.13. The first-order chi connectivity index (χ1) is 8.85. The lowest BCUT2D eigenvalue weighted by Crippen LogP contribution is -2.33. The van der Waals surface area contributed by atoms with E-state index in [4.69, 9.17) is 5.11 Å². The highest BCUT2D eigenvalue weighted by molar-refractivity contribution is 5.92. The number of carbonyl (C=O) groups excluding carboxylic acids is 1. The molecule has 1 heterocycles. The summed E-state index contributed by atoms with van der Waals surface area (Å²) in [5.74, 6) is -1.31. The molecule has 1 amide bonds. The minimum absolute atomic E-state index is 0.158. The fraction of sp³-hybridized carbons (Fsp3) is 0.667. The van der Waals surface area contributed by atoms with Gasteiger partial charge in [0.2, 0.25) is 0 Å². The Balaban J connectivity index is 1.93. The van der Waals surface area contributed by atoms with Crippen molar-refractivity contribution in [3.05, 3.63) is 11.9 Å². The van der Waals surface area contributed by atoms with Crippen LogP contribution in [0.25, 0.3) is 0 Å². The molecule has 7 nitrogen and oxygen atoms in total. The number of nitrogens with zero attached hydrogens (tertiary/aromatic N) is 3. The van der Waals surface area contributed by atoms with Gasteiger partial charge in [0.25, 0.3) is 5.91 Å². The van der Waals surface area contributed by atoms with Crippen LogP contribution in [0.2, 0.25) is 0 Å². The number of carboxylic acids is 1. The summed E-state index contributed by atoms with van der Waals surface area (Å²) in [4.78, 5) is 22.4. The minimum atomic E-state index is -1.02. The van der Waals surface area contributed by atoms with E-state index in [1.54, 1.807) is 0 Å². The molecule has 2 N–H and O–H groups in total. The number of hydrogen-bond acceptors (Lipinski definition) is 4. The third-order valence-corrected chi connectivity index (χ3v) is 3.37. The van der Waals surface area contributed by atoms with E-state index in [-0.39, 0.29) is 29.6 Å². The second kappa shape index (κ2) is 4.99. The van der Waals surface area contributed by atoms with Crippen molar-refractivity contribution in [3.8, 4) is 0 Å². The van der Waals surface area contributed by atoms with Crippen LogP contribution in [0.15, 0.2) is 6.20 Å². The van der Waals surface area contributed by atoms with Crippen molar-refractivity contribution < 1.29 is 14.7 Å². The van der Waals surface area contributed by atoms with Gasteiger partial charge in [0.15, 0.2) is 5.69 Å². The molecule has 1 fully saturated rings. The first-order valence-electron chi connectivity index (χ1n) is 6.28. The van der Waals surface area contributed by atoms with Crippen molar-refractivity contribution >= 4 is 11.9 Å². The summed E-state index contributed by atoms with van der Waals surface area (Å²) >= 11 is 0. The zero-order valence-corrected chi connectivity index (χ0v) is 11.1. The van der Waals surface area contributed by atoms with Crippen molar-refractivity contribution in [1.82, 2.24) is 20.3 Å². The Morgan fingerprint density at radius 3 is 2.89 bits per heavy atom. The van der Waals surface area contributed by atoms with Crippen LogP contribution in [0.4, 0.5) is 0 Å². The van der Waals surface area contributed by atoms with Gasteiger partial charge in [-0.15, -0.1) is 5.10 Å². The van der Waals surface area contributed by atoms with E-state index in [2.05, 4.69) is 29.5 Å². The number of carboxylic acid groups (broad SMARTS) is 1. The molecule has 7 heteroatoms. The van der Waals surface area contributed by atoms with Crippen LogP contribution < -0.4 is 5.32 Å². The first-order valence-corrected chi connectivity index (χ1v) is 6.28. The summed E-state index contributed by atoms with van der Waals surface area (Å²) in [6, 6.07) is 0.159. The van der Waals surface area contributed by atoms with Gasteiger partial charge in [-0.05, 0) is 24.7 Å². The molecule has 0 spiro atoms. The van der Waals surface area contributed by atoms with E-state index >= 15 is 0 Å². The first kappa shape index (κ1) is 13.5. The van der Waals surface area contributed by atoms with E-state index in [0.717, 1.165) is 23.9 Å². The molecule has 0 radical (unpaired) electrons. The second-order valence-electron chi connectivity index (χ2n) is 5.77. The third kappa shape index (κ3) is 3.52. The highest BCUT2D eigenvalue weighted by Gasteiger charge is 2.32. The molecule has 1 saturated carbocycles. The average Bonchev–Trinajstić information content (AvgIpc) is 2.85. The number of aromatic nitrogens is 3. The van der Waals surface area contributed by atoms with Gasteiger partial charge in [-0.1, -0.05) is 19.1 Å². The molecule has 19 heavy (non-hydrogen) atoms. The molecular weight excluding hydrogens is 248 g/mol. The van der Waals surface area contributed by atoms with E-state index in [1.807, 2.05) is 0 Å². The van der Waals surface area contributed by atoms with E-state index in [0.29, 0.717) is 0 Å². The fourth-order valence-corrected chi connectivity index (χ4v) is 2.44. The Bertz CT molecular complexity index is 495. The number of amides is 1. The molecule has 1 aliphatic carbocycles. The SMILES string of the molecule is CC1(C)CCC(NC(=O)c2cn(CC(=O)O)nn2)C1. The molecule has 104 valence electrons. The zero-order chi connectivity index (χ0) is 14.0. The van der Waals surface area contributed by atoms with E-state index in [9.17, 15) is 9.59 Å². The standard InChI is InChI=1S/C12H18N4O3/c1-12(2)4-3-8(5-12)13-11(19)9-6-16(15-14-9)7-10(17)18/h6,8H,3-5,7H2,1-2H3,(H,13,19)(H,17,18). The van der Waals surface area contributed by atoms with Gasteiger partial charge >= 0.3 is 5.97 Å². The molecule has 1 aliphatic rings. The fourth-order valence-electron chi connectivity index (χ4n) is 2.44. The number of hydrogen-bond donors (Lipinski definition) is 2. The van der Waals surface area contributed by atoms with Gasteiger partial charge < -0.3 is 10.4 Å². The molecule has 0 aromatic carbocycles. The molecule has 1 unspecified atom stereocenters. The largest absolute Gasteiger partial charge is 0.480 e. The summed E-state index contributed by atoms with van der Waals surface area (Å²) in [6.45, 7) is 4.07. The van der Waals surface area contributed by atoms with Gasteiger partial charge in [0.05, 0.1) is 6.20 Å². The highest BCUT2D eigenvalue weighted by Crippen LogP contribution is 2.36. The van der Waals surface area contributed by atoms with Crippen molar-refractivity contribution in [2.75, 3.05) is 0 Å². The summed E-state index contributed by atoms with van der Waals surface area (Å²) in [6.07, 6.45) is 4.34. The monoisotopic (exact) mass is 266 g/mol. The predicted molar refractivity (Wildman–Crippen MR) is 66.5 cm³/mol. The summed E-state index contributed by atoms with van der Waals surface area (Å²) in [7, 11) is 0. The predicted octanol–water partition coefficient (Wildman–Crippen LogP) is 0.671. The van der Waals surface area contributed by atoms with Gasteiger partial charge in [0.1, 0.15) is 6.54 Å². The quantitative estimate of drug-likeness (QED) is 0.834. The van der Waals surface area contributed by atoms with Crippen LogP contribution in [0.5, 0.6) is 0 Å². The Hall–Kier alpha value is -1.92. The molecule has 2 rings (SSSR count). The number of carbonyl (C=O) groups is 2. The number of nitrogens with one attached hydrogen (secondary N) is 1. The lowest BCUT2D eigenvalue weighted by atomic mass is 9.92. The molecule has 1 aromatic heterocycles. The third-order valence-electron chi connectivity index (χ3n) is 3.37. The maximum atomic E-state index is 11.9. The molecule has 0 saturated heterocycles. The Morgan fingerprint density at radius 2 is 2.32 bits per heavy atom. The van der Waals surface area contributed by atoms with Gasteiger partial charge in [-0.3, -0.25) is 9.59 Å². The van der Waals surface area contributed by atoms with Crippen LogP contribution >= 0.6 is 0 Å². The second-order valence-corrected chi connectivity index (χ2v) is 5.77. The van der Waals surface area contributed by atoms with Gasteiger partial charge in [0, 0.05) is 6.04 Å². The number of aliphatic carboxylic acids is 1. The van der Waals surface area contributed by atoms with Crippen LogP contribution in [-0.4, -0.2) is 38.0 Å². The molecule has 0 aliphatic heterocycles. The summed E-state index contributed by atoms with van der Waals surface area (Å²) in [5, 5.41) is 18.8. The highest BCUT2D eigenvalue weighted by atomic mass is 16.4. The minimum Gasteiger partial charge on any atom is -0.480 e. The van der Waals surface area contributed by atoms with Crippen LogP contribution in [0, 0.1) is 5.41 Å².